The summed E-state index contributed by atoms with van der Waals surface area (Å²) in [4.78, 5) is 19.7. The second kappa shape index (κ2) is 10.8. The highest BCUT2D eigenvalue weighted by Crippen LogP contribution is 2.35. The van der Waals surface area contributed by atoms with Crippen LogP contribution in [-0.2, 0) is 22.5 Å². The minimum absolute atomic E-state index is 0.0979. The average Bonchev–Trinajstić information content (AvgIpc) is 3.50. The van der Waals surface area contributed by atoms with E-state index in [0.717, 1.165) is 54.1 Å². The van der Waals surface area contributed by atoms with Crippen molar-refractivity contribution in [3.8, 4) is 10.6 Å². The van der Waals surface area contributed by atoms with Crippen LogP contribution in [0, 0.1) is 0 Å². The van der Waals surface area contributed by atoms with Crippen molar-refractivity contribution >= 4 is 33.7 Å². The van der Waals surface area contributed by atoms with Crippen LogP contribution in [0.5, 0.6) is 0 Å². The maximum Gasteiger partial charge on any atom is 0.232 e. The Hall–Kier alpha value is -2.20. The van der Waals surface area contributed by atoms with Crippen LogP contribution < -0.4 is 5.32 Å². The molecule has 0 unspecified atom stereocenters. The van der Waals surface area contributed by atoms with Crippen LogP contribution in [0.2, 0.25) is 0 Å². The van der Waals surface area contributed by atoms with E-state index >= 15 is 0 Å². The number of anilines is 1. The molecule has 0 atom stereocenters. The number of benzene rings is 1. The molecule has 2 aromatic heterocycles. The first kappa shape index (κ1) is 22.6. The van der Waals surface area contributed by atoms with Crippen LogP contribution in [0.3, 0.4) is 0 Å². The van der Waals surface area contributed by atoms with Gasteiger partial charge in [0.1, 0.15) is 10.0 Å². The average molecular weight is 484 g/mol. The SMILES string of the molecule is O=C(Cc1csc(-c2cccc(CN3CCOCC3)c2)n1)Nc1nnc(C2CCCCC2)s1. The molecule has 0 bridgehead atoms. The molecule has 3 heterocycles. The molecule has 1 N–H and O–H groups in total. The number of nitrogens with zero attached hydrogens (tertiary/aromatic N) is 4. The summed E-state index contributed by atoms with van der Waals surface area (Å²) in [5, 5.41) is 16.0. The fraction of sp³-hybridized carbons (Fsp3) is 0.500. The highest BCUT2D eigenvalue weighted by Gasteiger charge is 2.20. The molecule has 174 valence electrons. The molecule has 5 rings (SSSR count). The summed E-state index contributed by atoms with van der Waals surface area (Å²) in [7, 11) is 0. The summed E-state index contributed by atoms with van der Waals surface area (Å²) in [5.41, 5.74) is 3.15. The van der Waals surface area contributed by atoms with Gasteiger partial charge in [0.05, 0.1) is 25.3 Å². The molecule has 0 radical (unpaired) electrons. The van der Waals surface area contributed by atoms with Crippen molar-refractivity contribution in [2.45, 2.75) is 51.0 Å². The molecule has 9 heteroatoms. The Morgan fingerprint density at radius 1 is 1.15 bits per heavy atom. The molecular weight excluding hydrogens is 454 g/mol. The van der Waals surface area contributed by atoms with E-state index in [9.17, 15) is 4.79 Å². The number of carbonyl (C=O) groups excluding carboxylic acids is 1. The molecule has 1 aliphatic carbocycles. The number of hydrogen-bond acceptors (Lipinski definition) is 8. The largest absolute Gasteiger partial charge is 0.379 e. The van der Waals surface area contributed by atoms with Gasteiger partial charge >= 0.3 is 0 Å². The van der Waals surface area contributed by atoms with Crippen molar-refractivity contribution in [1.82, 2.24) is 20.1 Å². The van der Waals surface area contributed by atoms with Crippen molar-refractivity contribution in [1.29, 1.82) is 0 Å². The third-order valence-electron chi connectivity index (χ3n) is 6.22. The fourth-order valence-electron chi connectivity index (χ4n) is 4.47. The van der Waals surface area contributed by atoms with Crippen molar-refractivity contribution in [3.63, 3.8) is 0 Å². The minimum atomic E-state index is -0.0979. The Labute approximate surface area is 202 Å². The second-order valence-electron chi connectivity index (χ2n) is 8.74. The number of hydrogen-bond donors (Lipinski definition) is 1. The van der Waals surface area contributed by atoms with E-state index < -0.39 is 0 Å². The summed E-state index contributed by atoms with van der Waals surface area (Å²) in [6, 6.07) is 8.52. The van der Waals surface area contributed by atoms with Gasteiger partial charge in [-0.3, -0.25) is 9.69 Å². The van der Waals surface area contributed by atoms with E-state index in [1.54, 1.807) is 11.3 Å². The monoisotopic (exact) mass is 483 g/mol. The lowest BCUT2D eigenvalue weighted by Crippen LogP contribution is -2.35. The minimum Gasteiger partial charge on any atom is -0.379 e. The molecule has 1 amide bonds. The molecule has 1 aromatic carbocycles. The van der Waals surface area contributed by atoms with Crippen molar-refractivity contribution in [2.24, 2.45) is 0 Å². The Kier molecular flexibility index (Phi) is 7.40. The van der Waals surface area contributed by atoms with E-state index in [2.05, 4.69) is 44.7 Å². The van der Waals surface area contributed by atoms with Crippen LogP contribution in [-0.4, -0.2) is 52.3 Å². The van der Waals surface area contributed by atoms with Gasteiger partial charge in [-0.15, -0.1) is 21.5 Å². The smallest absolute Gasteiger partial charge is 0.232 e. The molecule has 1 saturated carbocycles. The first-order chi connectivity index (χ1) is 16.2. The van der Waals surface area contributed by atoms with Gasteiger partial charge in [-0.05, 0) is 24.5 Å². The highest BCUT2D eigenvalue weighted by molar-refractivity contribution is 7.15. The summed E-state index contributed by atoms with van der Waals surface area (Å²) < 4.78 is 5.44. The molecule has 1 aliphatic heterocycles. The van der Waals surface area contributed by atoms with E-state index in [4.69, 9.17) is 9.72 Å². The predicted octanol–water partition coefficient (Wildman–Crippen LogP) is 4.72. The molecule has 1 saturated heterocycles. The van der Waals surface area contributed by atoms with E-state index in [1.165, 1.54) is 49.0 Å². The van der Waals surface area contributed by atoms with Crippen molar-refractivity contribution < 1.29 is 9.53 Å². The van der Waals surface area contributed by atoms with E-state index in [-0.39, 0.29) is 12.3 Å². The molecule has 2 aliphatic rings. The van der Waals surface area contributed by atoms with Crippen LogP contribution in [0.1, 0.15) is 54.3 Å². The Bertz CT molecular complexity index is 1070. The van der Waals surface area contributed by atoms with Crippen molar-refractivity contribution in [3.05, 3.63) is 45.9 Å². The lowest BCUT2D eigenvalue weighted by Gasteiger charge is -2.26. The predicted molar refractivity (Wildman–Crippen MR) is 132 cm³/mol. The van der Waals surface area contributed by atoms with Gasteiger partial charge in [-0.2, -0.15) is 0 Å². The number of morpholine rings is 1. The third kappa shape index (κ3) is 6.03. The number of nitrogens with one attached hydrogen (secondary N) is 1. The van der Waals surface area contributed by atoms with Crippen molar-refractivity contribution in [2.75, 3.05) is 31.6 Å². The highest BCUT2D eigenvalue weighted by atomic mass is 32.1. The van der Waals surface area contributed by atoms with Gasteiger partial charge in [0.15, 0.2) is 0 Å². The standard InChI is InChI=1S/C24H29N5O2S2/c30-21(26-24-28-27-23(33-24)18-6-2-1-3-7-18)14-20-16-32-22(25-20)19-8-4-5-17(13-19)15-29-9-11-31-12-10-29/h4-5,8,13,16,18H,1-3,6-7,9-12,14-15H2,(H,26,28,30). The van der Waals surface area contributed by atoms with Gasteiger partial charge in [0, 0.05) is 36.5 Å². The zero-order chi connectivity index (χ0) is 22.5. The van der Waals surface area contributed by atoms with Crippen LogP contribution in [0.4, 0.5) is 5.13 Å². The van der Waals surface area contributed by atoms with Crippen LogP contribution in [0.15, 0.2) is 29.6 Å². The number of rotatable bonds is 7. The fourth-order valence-corrected chi connectivity index (χ4v) is 6.21. The number of ether oxygens (including phenoxy) is 1. The van der Waals surface area contributed by atoms with Gasteiger partial charge in [0.25, 0.3) is 0 Å². The third-order valence-corrected chi connectivity index (χ3v) is 8.16. The molecule has 0 spiro atoms. The number of carbonyl (C=O) groups is 1. The number of amides is 1. The summed E-state index contributed by atoms with van der Waals surface area (Å²) in [5.74, 6) is 0.404. The van der Waals surface area contributed by atoms with Gasteiger partial charge in [-0.25, -0.2) is 4.98 Å². The lowest BCUT2D eigenvalue weighted by molar-refractivity contribution is -0.115. The quantitative estimate of drug-likeness (QED) is 0.524. The van der Waals surface area contributed by atoms with Crippen LogP contribution >= 0.6 is 22.7 Å². The topological polar surface area (TPSA) is 80.2 Å². The zero-order valence-electron chi connectivity index (χ0n) is 18.7. The Balaban J connectivity index is 1.17. The molecule has 7 nitrogen and oxygen atoms in total. The van der Waals surface area contributed by atoms with Gasteiger partial charge in [0.2, 0.25) is 11.0 Å². The number of thiazole rings is 1. The number of aromatic nitrogens is 3. The normalized spacial score (nSPS) is 17.8. The van der Waals surface area contributed by atoms with E-state index in [1.807, 2.05) is 5.38 Å². The molecular formula is C24H29N5O2S2. The van der Waals surface area contributed by atoms with Crippen LogP contribution in [0.25, 0.3) is 10.6 Å². The molecule has 3 aromatic rings. The second-order valence-corrected chi connectivity index (χ2v) is 10.6. The lowest BCUT2D eigenvalue weighted by atomic mass is 9.90. The Morgan fingerprint density at radius 2 is 2.00 bits per heavy atom. The van der Waals surface area contributed by atoms with Gasteiger partial charge < -0.3 is 10.1 Å². The molecule has 2 fully saturated rings. The zero-order valence-corrected chi connectivity index (χ0v) is 20.3. The Morgan fingerprint density at radius 3 is 2.85 bits per heavy atom. The first-order valence-electron chi connectivity index (χ1n) is 11.7. The first-order valence-corrected chi connectivity index (χ1v) is 13.4. The maximum atomic E-state index is 12.6. The summed E-state index contributed by atoms with van der Waals surface area (Å²) in [6.07, 6.45) is 6.42. The molecule has 33 heavy (non-hydrogen) atoms. The van der Waals surface area contributed by atoms with E-state index in [0.29, 0.717) is 11.0 Å². The summed E-state index contributed by atoms with van der Waals surface area (Å²) >= 11 is 3.09. The maximum absolute atomic E-state index is 12.6. The van der Waals surface area contributed by atoms with Gasteiger partial charge in [-0.1, -0.05) is 48.8 Å². The summed E-state index contributed by atoms with van der Waals surface area (Å²) in [6.45, 7) is 4.46.